The van der Waals surface area contributed by atoms with E-state index >= 15 is 0 Å². The van der Waals surface area contributed by atoms with Crippen LogP contribution in [0.25, 0.3) is 0 Å². The first-order valence-corrected chi connectivity index (χ1v) is 8.44. The molecule has 1 atom stereocenters. The molecule has 25 heavy (non-hydrogen) atoms. The Bertz CT molecular complexity index is 763. The highest BCUT2D eigenvalue weighted by molar-refractivity contribution is 8.00. The average molecular weight is 387 g/mol. The largest absolute Gasteiger partial charge is 0.416 e. The lowest BCUT2D eigenvalue weighted by molar-refractivity contribution is -0.137. The predicted molar refractivity (Wildman–Crippen MR) is 94.0 cm³/mol. The third kappa shape index (κ3) is 6.10. The van der Waals surface area contributed by atoms with Crippen molar-refractivity contribution in [2.24, 2.45) is 5.10 Å². The Labute approximate surface area is 152 Å². The van der Waals surface area contributed by atoms with Crippen LogP contribution in [0.1, 0.15) is 18.1 Å². The Morgan fingerprint density at radius 2 is 1.92 bits per heavy atom. The number of hydrazone groups is 1. The first kappa shape index (κ1) is 19.3. The van der Waals surface area contributed by atoms with E-state index in [0.717, 1.165) is 17.0 Å². The van der Waals surface area contributed by atoms with Crippen LogP contribution in [0.2, 0.25) is 5.02 Å². The first-order valence-electron chi connectivity index (χ1n) is 7.18. The summed E-state index contributed by atoms with van der Waals surface area (Å²) in [5.41, 5.74) is 1.80. The van der Waals surface area contributed by atoms with E-state index in [2.05, 4.69) is 10.5 Å². The van der Waals surface area contributed by atoms with Crippen molar-refractivity contribution in [1.82, 2.24) is 5.43 Å². The third-order valence-corrected chi connectivity index (χ3v) is 4.46. The van der Waals surface area contributed by atoms with E-state index in [-0.39, 0.29) is 11.5 Å². The van der Waals surface area contributed by atoms with Gasteiger partial charge in [0.2, 0.25) is 0 Å². The molecule has 0 radical (unpaired) electrons. The molecular formula is C17H14ClF3N2OS. The van der Waals surface area contributed by atoms with Crippen LogP contribution in [-0.4, -0.2) is 17.4 Å². The first-order chi connectivity index (χ1) is 11.8. The van der Waals surface area contributed by atoms with E-state index in [9.17, 15) is 18.0 Å². The number of thioether (sulfide) groups is 1. The van der Waals surface area contributed by atoms with Gasteiger partial charge in [-0.2, -0.15) is 18.3 Å². The number of rotatable bonds is 5. The zero-order valence-electron chi connectivity index (χ0n) is 13.0. The predicted octanol–water partition coefficient (Wildman–Crippen LogP) is 4.99. The number of hydrogen-bond donors (Lipinski definition) is 1. The number of carbonyl (C=O) groups is 1. The molecule has 0 bridgehead atoms. The SMILES string of the molecule is C[C@@H](Sc1ccc(Cl)cc1)C(=O)N/N=C\c1cccc(C(F)(F)F)c1. The maximum absolute atomic E-state index is 12.6. The summed E-state index contributed by atoms with van der Waals surface area (Å²) in [7, 11) is 0. The molecule has 0 spiro atoms. The van der Waals surface area contributed by atoms with Gasteiger partial charge < -0.3 is 0 Å². The van der Waals surface area contributed by atoms with E-state index in [4.69, 9.17) is 11.6 Å². The highest BCUT2D eigenvalue weighted by atomic mass is 35.5. The summed E-state index contributed by atoms with van der Waals surface area (Å²) < 4.78 is 37.9. The van der Waals surface area contributed by atoms with Crippen LogP contribution in [0.3, 0.4) is 0 Å². The number of benzene rings is 2. The quantitative estimate of drug-likeness (QED) is 0.447. The van der Waals surface area contributed by atoms with Gasteiger partial charge >= 0.3 is 6.18 Å². The molecule has 0 unspecified atom stereocenters. The molecule has 2 aromatic rings. The second-order valence-electron chi connectivity index (χ2n) is 5.07. The van der Waals surface area contributed by atoms with Crippen molar-refractivity contribution in [3.05, 3.63) is 64.7 Å². The maximum Gasteiger partial charge on any atom is 0.416 e. The molecule has 1 amide bonds. The summed E-state index contributed by atoms with van der Waals surface area (Å²) in [5.74, 6) is -0.358. The normalized spacial score (nSPS) is 13.0. The highest BCUT2D eigenvalue weighted by Crippen LogP contribution is 2.29. The molecule has 0 aliphatic heterocycles. The second kappa shape index (κ2) is 8.40. The van der Waals surface area contributed by atoms with Crippen molar-refractivity contribution in [2.75, 3.05) is 0 Å². The van der Waals surface area contributed by atoms with E-state index < -0.39 is 17.0 Å². The number of hydrogen-bond acceptors (Lipinski definition) is 3. The Morgan fingerprint density at radius 3 is 2.56 bits per heavy atom. The van der Waals surface area contributed by atoms with Gasteiger partial charge in [0.15, 0.2) is 0 Å². The van der Waals surface area contributed by atoms with Crippen molar-refractivity contribution < 1.29 is 18.0 Å². The van der Waals surface area contributed by atoms with E-state index in [1.165, 1.54) is 30.1 Å². The Balaban J connectivity index is 1.92. The van der Waals surface area contributed by atoms with E-state index in [1.807, 2.05) is 0 Å². The Kier molecular flexibility index (Phi) is 6.50. The fraction of sp³-hybridized carbons (Fsp3) is 0.176. The zero-order valence-corrected chi connectivity index (χ0v) is 14.6. The topological polar surface area (TPSA) is 41.5 Å². The van der Waals surface area contributed by atoms with Crippen molar-refractivity contribution in [1.29, 1.82) is 0 Å². The van der Waals surface area contributed by atoms with Gasteiger partial charge in [-0.3, -0.25) is 4.79 Å². The van der Waals surface area contributed by atoms with Crippen molar-refractivity contribution >= 4 is 35.5 Å². The van der Waals surface area contributed by atoms with Crippen molar-refractivity contribution in [3.8, 4) is 0 Å². The second-order valence-corrected chi connectivity index (χ2v) is 6.92. The van der Waals surface area contributed by atoms with Gasteiger partial charge in [-0.1, -0.05) is 23.7 Å². The van der Waals surface area contributed by atoms with E-state index in [0.29, 0.717) is 5.02 Å². The van der Waals surface area contributed by atoms with Crippen LogP contribution in [0, 0.1) is 0 Å². The minimum Gasteiger partial charge on any atom is -0.272 e. The number of nitrogens with one attached hydrogen (secondary N) is 1. The maximum atomic E-state index is 12.6. The molecule has 0 saturated carbocycles. The van der Waals surface area contributed by atoms with Crippen LogP contribution in [0.15, 0.2) is 58.5 Å². The van der Waals surface area contributed by atoms with Gasteiger partial charge in [0.1, 0.15) is 0 Å². The van der Waals surface area contributed by atoms with Gasteiger partial charge in [-0.15, -0.1) is 11.8 Å². The van der Waals surface area contributed by atoms with Crippen molar-refractivity contribution in [2.45, 2.75) is 23.2 Å². The summed E-state index contributed by atoms with van der Waals surface area (Å²) in [4.78, 5) is 12.8. The molecular weight excluding hydrogens is 373 g/mol. The lowest BCUT2D eigenvalue weighted by Gasteiger charge is -2.09. The summed E-state index contributed by atoms with van der Waals surface area (Å²) in [5, 5.41) is 3.89. The van der Waals surface area contributed by atoms with Crippen LogP contribution in [0.4, 0.5) is 13.2 Å². The minimum absolute atomic E-state index is 0.244. The van der Waals surface area contributed by atoms with Gasteiger partial charge in [0, 0.05) is 9.92 Å². The number of alkyl halides is 3. The minimum atomic E-state index is -4.42. The third-order valence-electron chi connectivity index (χ3n) is 3.10. The van der Waals surface area contributed by atoms with Gasteiger partial charge in [-0.05, 0) is 48.9 Å². The smallest absolute Gasteiger partial charge is 0.272 e. The molecule has 0 saturated heterocycles. The molecule has 0 aromatic heterocycles. The van der Waals surface area contributed by atoms with Crippen LogP contribution in [0.5, 0.6) is 0 Å². The molecule has 3 nitrogen and oxygen atoms in total. The summed E-state index contributed by atoms with van der Waals surface area (Å²) in [6, 6.07) is 11.7. The van der Waals surface area contributed by atoms with Crippen LogP contribution in [-0.2, 0) is 11.0 Å². The fourth-order valence-corrected chi connectivity index (χ4v) is 2.81. The number of amides is 1. The Morgan fingerprint density at radius 1 is 1.24 bits per heavy atom. The van der Waals surface area contributed by atoms with Gasteiger partial charge in [-0.25, -0.2) is 5.43 Å². The van der Waals surface area contributed by atoms with Gasteiger partial charge in [0.25, 0.3) is 5.91 Å². The molecule has 2 rings (SSSR count). The molecule has 1 N–H and O–H groups in total. The molecule has 0 heterocycles. The summed E-state index contributed by atoms with van der Waals surface area (Å²) in [6.45, 7) is 1.70. The standard InChI is InChI=1S/C17H14ClF3N2OS/c1-11(25-15-7-5-14(18)6-8-15)16(24)23-22-10-12-3-2-4-13(9-12)17(19,20)21/h2-11H,1H3,(H,23,24)/b22-10-/t11-/m1/s1. The lowest BCUT2D eigenvalue weighted by atomic mass is 10.1. The zero-order chi connectivity index (χ0) is 18.4. The summed E-state index contributed by atoms with van der Waals surface area (Å²) >= 11 is 7.12. The van der Waals surface area contributed by atoms with Crippen molar-refractivity contribution in [3.63, 3.8) is 0 Å². The molecule has 132 valence electrons. The monoisotopic (exact) mass is 386 g/mol. The molecule has 0 fully saturated rings. The van der Waals surface area contributed by atoms with Gasteiger partial charge in [0.05, 0.1) is 17.0 Å². The number of carbonyl (C=O) groups excluding carboxylic acids is 1. The fourth-order valence-electron chi connectivity index (χ4n) is 1.83. The molecule has 2 aromatic carbocycles. The molecule has 0 aliphatic carbocycles. The average Bonchev–Trinajstić information content (AvgIpc) is 2.56. The summed E-state index contributed by atoms with van der Waals surface area (Å²) in [6.07, 6.45) is -3.25. The van der Waals surface area contributed by atoms with Crippen LogP contribution < -0.4 is 5.43 Å². The van der Waals surface area contributed by atoms with E-state index in [1.54, 1.807) is 31.2 Å². The molecule has 0 aliphatic rings. The lowest BCUT2D eigenvalue weighted by Crippen LogP contribution is -2.26. The number of halogens is 4. The highest BCUT2D eigenvalue weighted by Gasteiger charge is 2.30. The Hall–Kier alpha value is -1.99. The van der Waals surface area contributed by atoms with Crippen LogP contribution >= 0.6 is 23.4 Å². The molecule has 8 heteroatoms. The number of nitrogens with zero attached hydrogens (tertiary/aromatic N) is 1.